The van der Waals surface area contributed by atoms with Crippen molar-refractivity contribution in [2.45, 2.75) is 6.54 Å². The predicted octanol–water partition coefficient (Wildman–Crippen LogP) is 2.84. The minimum absolute atomic E-state index is 0.171. The second-order valence-corrected chi connectivity index (χ2v) is 5.29. The van der Waals surface area contributed by atoms with Gasteiger partial charge in [0.2, 0.25) is 0 Å². The summed E-state index contributed by atoms with van der Waals surface area (Å²) in [6, 6.07) is 7.74. The van der Waals surface area contributed by atoms with Crippen LogP contribution in [0.5, 0.6) is 0 Å². The van der Waals surface area contributed by atoms with E-state index in [0.29, 0.717) is 22.1 Å². The Kier molecular flexibility index (Phi) is 4.34. The van der Waals surface area contributed by atoms with Gasteiger partial charge in [-0.3, -0.25) is 4.79 Å². The van der Waals surface area contributed by atoms with Gasteiger partial charge in [-0.1, -0.05) is 12.1 Å². The van der Waals surface area contributed by atoms with Crippen LogP contribution in [0.2, 0.25) is 0 Å². The molecule has 2 N–H and O–H groups in total. The maximum atomic E-state index is 13.1. The highest BCUT2D eigenvalue weighted by molar-refractivity contribution is 9.10. The molecule has 0 aliphatic heterocycles. The first kappa shape index (κ1) is 14.5. The molecule has 0 bridgehead atoms. The van der Waals surface area contributed by atoms with Crippen molar-refractivity contribution < 1.29 is 9.18 Å². The Morgan fingerprint density at radius 1 is 1.45 bits per heavy atom. The number of rotatable bonds is 3. The van der Waals surface area contributed by atoms with Crippen molar-refractivity contribution in [2.75, 3.05) is 12.8 Å². The molecule has 2 rings (SSSR count). The van der Waals surface area contributed by atoms with E-state index in [9.17, 15) is 9.18 Å². The van der Waals surface area contributed by atoms with Gasteiger partial charge in [-0.25, -0.2) is 9.37 Å². The predicted molar refractivity (Wildman–Crippen MR) is 78.5 cm³/mol. The highest BCUT2D eigenvalue weighted by atomic mass is 79.9. The number of hydrogen-bond donors (Lipinski definition) is 1. The zero-order valence-corrected chi connectivity index (χ0v) is 12.4. The zero-order chi connectivity index (χ0) is 14.7. The molecule has 1 heterocycles. The van der Waals surface area contributed by atoms with E-state index in [0.717, 1.165) is 0 Å². The molecule has 0 saturated heterocycles. The van der Waals surface area contributed by atoms with E-state index in [1.165, 1.54) is 23.2 Å². The molecule has 20 heavy (non-hydrogen) atoms. The quantitative estimate of drug-likeness (QED) is 0.936. The van der Waals surface area contributed by atoms with E-state index in [1.807, 2.05) is 0 Å². The topological polar surface area (TPSA) is 59.2 Å². The minimum Gasteiger partial charge on any atom is -0.383 e. The van der Waals surface area contributed by atoms with Crippen LogP contribution in [0.4, 0.5) is 10.2 Å². The Bertz CT molecular complexity index is 648. The summed E-state index contributed by atoms with van der Waals surface area (Å²) < 4.78 is 13.8. The van der Waals surface area contributed by atoms with Crippen molar-refractivity contribution >= 4 is 27.7 Å². The van der Waals surface area contributed by atoms with E-state index in [-0.39, 0.29) is 17.5 Å². The van der Waals surface area contributed by atoms with Crippen LogP contribution in [0.15, 0.2) is 41.0 Å². The lowest BCUT2D eigenvalue weighted by atomic mass is 10.2. The molecule has 0 aliphatic rings. The molecule has 0 atom stereocenters. The molecule has 0 unspecified atom stereocenters. The van der Waals surface area contributed by atoms with Crippen LogP contribution in [0.25, 0.3) is 0 Å². The molecular formula is C14H13BrFN3O. The summed E-state index contributed by atoms with van der Waals surface area (Å²) in [6.07, 6.45) is 1.53. The summed E-state index contributed by atoms with van der Waals surface area (Å²) in [6.45, 7) is 0.294. The van der Waals surface area contributed by atoms with E-state index >= 15 is 0 Å². The van der Waals surface area contributed by atoms with Gasteiger partial charge < -0.3 is 10.6 Å². The van der Waals surface area contributed by atoms with Crippen LogP contribution in [-0.2, 0) is 6.54 Å². The molecular weight excluding hydrogens is 325 g/mol. The van der Waals surface area contributed by atoms with Crippen LogP contribution in [0.3, 0.4) is 0 Å². The molecule has 0 fully saturated rings. The number of nitrogen functional groups attached to an aromatic ring is 1. The zero-order valence-electron chi connectivity index (χ0n) is 10.8. The molecule has 104 valence electrons. The van der Waals surface area contributed by atoms with Gasteiger partial charge in [0.05, 0.1) is 5.56 Å². The maximum absolute atomic E-state index is 13.1. The lowest BCUT2D eigenvalue weighted by Gasteiger charge is -2.18. The summed E-state index contributed by atoms with van der Waals surface area (Å²) >= 11 is 3.25. The van der Waals surface area contributed by atoms with Gasteiger partial charge in [0, 0.05) is 24.3 Å². The summed E-state index contributed by atoms with van der Waals surface area (Å²) in [5.41, 5.74) is 6.73. The third-order valence-corrected chi connectivity index (χ3v) is 3.20. The maximum Gasteiger partial charge on any atom is 0.257 e. The van der Waals surface area contributed by atoms with Crippen LogP contribution < -0.4 is 5.73 Å². The van der Waals surface area contributed by atoms with Crippen LogP contribution in [-0.4, -0.2) is 22.8 Å². The number of anilines is 1. The fourth-order valence-corrected chi connectivity index (χ4v) is 2.14. The molecule has 4 nitrogen and oxygen atoms in total. The Morgan fingerprint density at radius 3 is 2.90 bits per heavy atom. The fraction of sp³-hybridized carbons (Fsp3) is 0.143. The molecule has 1 aromatic carbocycles. The Hall–Kier alpha value is -1.95. The standard InChI is InChI=1S/C14H13BrFN3O/c1-19(8-9-3-2-4-11(16)5-9)14(20)12-6-10(15)7-18-13(12)17/h2-7H,8H2,1H3,(H2,17,18). The van der Waals surface area contributed by atoms with E-state index in [4.69, 9.17) is 5.73 Å². The van der Waals surface area contributed by atoms with Gasteiger partial charge in [-0.15, -0.1) is 0 Å². The van der Waals surface area contributed by atoms with Gasteiger partial charge in [0.25, 0.3) is 5.91 Å². The highest BCUT2D eigenvalue weighted by Crippen LogP contribution is 2.18. The van der Waals surface area contributed by atoms with Crippen molar-refractivity contribution in [3.8, 4) is 0 Å². The van der Waals surface area contributed by atoms with E-state index in [1.54, 1.807) is 25.2 Å². The second-order valence-electron chi connectivity index (χ2n) is 4.38. The van der Waals surface area contributed by atoms with Crippen molar-refractivity contribution in [2.24, 2.45) is 0 Å². The normalized spacial score (nSPS) is 10.3. The number of pyridine rings is 1. The number of carbonyl (C=O) groups is 1. The molecule has 0 saturated carbocycles. The highest BCUT2D eigenvalue weighted by Gasteiger charge is 2.16. The summed E-state index contributed by atoms with van der Waals surface area (Å²) in [7, 11) is 1.63. The third-order valence-electron chi connectivity index (χ3n) is 2.77. The lowest BCUT2D eigenvalue weighted by Crippen LogP contribution is -2.27. The first-order valence-electron chi connectivity index (χ1n) is 5.88. The monoisotopic (exact) mass is 337 g/mol. The summed E-state index contributed by atoms with van der Waals surface area (Å²) in [5, 5.41) is 0. The number of aromatic nitrogens is 1. The molecule has 0 spiro atoms. The van der Waals surface area contributed by atoms with Gasteiger partial charge >= 0.3 is 0 Å². The van der Waals surface area contributed by atoms with Crippen LogP contribution >= 0.6 is 15.9 Å². The number of carbonyl (C=O) groups excluding carboxylic acids is 1. The first-order valence-corrected chi connectivity index (χ1v) is 6.67. The molecule has 2 aromatic rings. The average Bonchev–Trinajstić information content (AvgIpc) is 2.40. The number of hydrogen-bond acceptors (Lipinski definition) is 3. The number of amides is 1. The average molecular weight is 338 g/mol. The number of benzene rings is 1. The van der Waals surface area contributed by atoms with Gasteiger partial charge in [0.15, 0.2) is 0 Å². The van der Waals surface area contributed by atoms with Gasteiger partial charge in [-0.2, -0.15) is 0 Å². The van der Waals surface area contributed by atoms with Crippen molar-refractivity contribution in [3.05, 3.63) is 57.9 Å². The van der Waals surface area contributed by atoms with Gasteiger partial charge in [0.1, 0.15) is 11.6 Å². The Morgan fingerprint density at radius 2 is 2.20 bits per heavy atom. The SMILES string of the molecule is CN(Cc1cccc(F)c1)C(=O)c1cc(Br)cnc1N. The van der Waals surface area contributed by atoms with E-state index < -0.39 is 0 Å². The van der Waals surface area contributed by atoms with Crippen LogP contribution in [0, 0.1) is 5.82 Å². The third kappa shape index (κ3) is 3.33. The number of halogens is 2. The first-order chi connectivity index (χ1) is 9.47. The molecule has 0 aliphatic carbocycles. The Balaban J connectivity index is 2.18. The summed E-state index contributed by atoms with van der Waals surface area (Å²) in [4.78, 5) is 17.7. The molecule has 1 aromatic heterocycles. The van der Waals surface area contributed by atoms with Crippen molar-refractivity contribution in [1.82, 2.24) is 9.88 Å². The largest absolute Gasteiger partial charge is 0.383 e. The minimum atomic E-state index is -0.327. The van der Waals surface area contributed by atoms with Gasteiger partial charge in [-0.05, 0) is 39.7 Å². The second kappa shape index (κ2) is 6.00. The smallest absolute Gasteiger partial charge is 0.257 e. The Labute approximate surface area is 124 Å². The lowest BCUT2D eigenvalue weighted by molar-refractivity contribution is 0.0785. The van der Waals surface area contributed by atoms with Crippen LogP contribution in [0.1, 0.15) is 15.9 Å². The molecule has 1 amide bonds. The number of nitrogens with two attached hydrogens (primary N) is 1. The van der Waals surface area contributed by atoms with Crippen molar-refractivity contribution in [3.63, 3.8) is 0 Å². The molecule has 0 radical (unpaired) electrons. The number of nitrogens with zero attached hydrogens (tertiary/aromatic N) is 2. The van der Waals surface area contributed by atoms with E-state index in [2.05, 4.69) is 20.9 Å². The van der Waals surface area contributed by atoms with Crippen molar-refractivity contribution in [1.29, 1.82) is 0 Å². The molecule has 6 heteroatoms. The summed E-state index contributed by atoms with van der Waals surface area (Å²) in [5.74, 6) is -0.420. The fourth-order valence-electron chi connectivity index (χ4n) is 1.81.